The van der Waals surface area contributed by atoms with Crippen molar-refractivity contribution >= 4 is 11.6 Å². The molecule has 16 heavy (non-hydrogen) atoms. The first kappa shape index (κ1) is 13.2. The highest BCUT2D eigenvalue weighted by atomic mass is 35.5. The fourth-order valence-electron chi connectivity index (χ4n) is 1.21. The van der Waals surface area contributed by atoms with Gasteiger partial charge in [-0.25, -0.2) is 4.39 Å². The molecule has 3 nitrogen and oxygen atoms in total. The maximum absolute atomic E-state index is 12.8. The first-order valence-corrected chi connectivity index (χ1v) is 5.36. The van der Waals surface area contributed by atoms with Crippen LogP contribution in [-0.4, -0.2) is 38.2 Å². The summed E-state index contributed by atoms with van der Waals surface area (Å²) in [5.41, 5.74) is 5.59. The Labute approximate surface area is 99.9 Å². The molecular formula is C11H16ClFN2O. The second-order valence-corrected chi connectivity index (χ2v) is 4.15. The van der Waals surface area contributed by atoms with E-state index in [1.165, 1.54) is 18.2 Å². The Bertz CT molecular complexity index is 347. The van der Waals surface area contributed by atoms with Crippen LogP contribution in [0.3, 0.4) is 0 Å². The number of ether oxygens (including phenoxy) is 1. The summed E-state index contributed by atoms with van der Waals surface area (Å²) in [6, 6.07) is 4.17. The maximum Gasteiger partial charge on any atom is 0.138 e. The molecule has 0 aliphatic carbocycles. The van der Waals surface area contributed by atoms with Gasteiger partial charge in [0.25, 0.3) is 0 Å². The molecule has 90 valence electrons. The van der Waals surface area contributed by atoms with Gasteiger partial charge in [0.1, 0.15) is 18.2 Å². The Balaban J connectivity index is 2.60. The molecule has 0 radical (unpaired) electrons. The second-order valence-electron chi connectivity index (χ2n) is 3.74. The fourth-order valence-corrected chi connectivity index (χ4v) is 1.43. The predicted octanol–water partition coefficient (Wildman–Crippen LogP) is 1.75. The average Bonchev–Trinajstić information content (AvgIpc) is 2.21. The summed E-state index contributed by atoms with van der Waals surface area (Å²) in [6.07, 6.45) is 0. The van der Waals surface area contributed by atoms with Gasteiger partial charge in [-0.2, -0.15) is 0 Å². The molecule has 0 fully saturated rings. The summed E-state index contributed by atoms with van der Waals surface area (Å²) >= 11 is 5.83. The van der Waals surface area contributed by atoms with E-state index in [0.717, 1.165) is 0 Å². The molecule has 0 bridgehead atoms. The number of halogens is 2. The zero-order valence-electron chi connectivity index (χ0n) is 9.41. The van der Waals surface area contributed by atoms with Crippen LogP contribution in [0.15, 0.2) is 18.2 Å². The molecule has 1 atom stereocenters. The van der Waals surface area contributed by atoms with Gasteiger partial charge in [-0.05, 0) is 32.3 Å². The SMILES string of the molecule is CN(C)C(CN)COc1ccc(F)cc1Cl. The Kier molecular flexibility index (Phi) is 4.99. The van der Waals surface area contributed by atoms with Crippen molar-refractivity contribution in [3.05, 3.63) is 29.0 Å². The van der Waals surface area contributed by atoms with Crippen molar-refractivity contribution in [1.29, 1.82) is 0 Å². The third kappa shape index (κ3) is 3.63. The van der Waals surface area contributed by atoms with Gasteiger partial charge in [0, 0.05) is 6.54 Å². The van der Waals surface area contributed by atoms with Crippen molar-refractivity contribution in [2.45, 2.75) is 6.04 Å². The van der Waals surface area contributed by atoms with Crippen LogP contribution in [0.1, 0.15) is 0 Å². The highest BCUT2D eigenvalue weighted by Crippen LogP contribution is 2.24. The van der Waals surface area contributed by atoms with Gasteiger partial charge in [0.2, 0.25) is 0 Å². The topological polar surface area (TPSA) is 38.5 Å². The normalized spacial score (nSPS) is 12.9. The zero-order valence-corrected chi connectivity index (χ0v) is 10.2. The maximum atomic E-state index is 12.8. The van der Waals surface area contributed by atoms with Crippen LogP contribution in [0.4, 0.5) is 4.39 Å². The summed E-state index contributed by atoms with van der Waals surface area (Å²) in [7, 11) is 3.85. The van der Waals surface area contributed by atoms with Gasteiger partial charge >= 0.3 is 0 Å². The molecule has 2 N–H and O–H groups in total. The van der Waals surface area contributed by atoms with E-state index in [4.69, 9.17) is 22.1 Å². The number of benzene rings is 1. The van der Waals surface area contributed by atoms with Crippen molar-refractivity contribution in [2.24, 2.45) is 5.73 Å². The number of hydrogen-bond donors (Lipinski definition) is 1. The molecule has 0 saturated carbocycles. The van der Waals surface area contributed by atoms with Gasteiger partial charge in [0.05, 0.1) is 11.1 Å². The Morgan fingerprint density at radius 3 is 2.69 bits per heavy atom. The van der Waals surface area contributed by atoms with E-state index in [0.29, 0.717) is 18.9 Å². The number of nitrogens with zero attached hydrogens (tertiary/aromatic N) is 1. The van der Waals surface area contributed by atoms with Crippen molar-refractivity contribution in [3.63, 3.8) is 0 Å². The Morgan fingerprint density at radius 2 is 2.19 bits per heavy atom. The Hall–Kier alpha value is -0.840. The van der Waals surface area contributed by atoms with Gasteiger partial charge in [-0.3, -0.25) is 0 Å². The molecular weight excluding hydrogens is 231 g/mol. The van der Waals surface area contributed by atoms with Gasteiger partial charge in [0.15, 0.2) is 0 Å². The van der Waals surface area contributed by atoms with E-state index < -0.39 is 0 Å². The monoisotopic (exact) mass is 246 g/mol. The van der Waals surface area contributed by atoms with E-state index >= 15 is 0 Å². The molecule has 0 aliphatic heterocycles. The molecule has 0 heterocycles. The van der Waals surface area contributed by atoms with Crippen LogP contribution >= 0.6 is 11.6 Å². The van der Waals surface area contributed by atoms with E-state index in [1.807, 2.05) is 19.0 Å². The van der Waals surface area contributed by atoms with E-state index in [-0.39, 0.29) is 16.9 Å². The average molecular weight is 247 g/mol. The molecule has 1 aromatic rings. The Morgan fingerprint density at radius 1 is 1.50 bits per heavy atom. The zero-order chi connectivity index (χ0) is 12.1. The van der Waals surface area contributed by atoms with E-state index in [1.54, 1.807) is 0 Å². The van der Waals surface area contributed by atoms with Crippen LogP contribution in [0.5, 0.6) is 5.75 Å². The molecule has 0 amide bonds. The highest BCUT2D eigenvalue weighted by molar-refractivity contribution is 6.32. The first-order chi connectivity index (χ1) is 7.54. The minimum absolute atomic E-state index is 0.112. The molecule has 5 heteroatoms. The van der Waals surface area contributed by atoms with Crippen molar-refractivity contribution in [1.82, 2.24) is 4.90 Å². The molecule has 1 rings (SSSR count). The van der Waals surface area contributed by atoms with Crippen LogP contribution in [-0.2, 0) is 0 Å². The van der Waals surface area contributed by atoms with Gasteiger partial charge in [-0.1, -0.05) is 11.6 Å². The molecule has 0 aromatic heterocycles. The lowest BCUT2D eigenvalue weighted by Gasteiger charge is -2.22. The number of nitrogens with two attached hydrogens (primary N) is 1. The quantitative estimate of drug-likeness (QED) is 0.860. The lowest BCUT2D eigenvalue weighted by molar-refractivity contribution is 0.190. The number of rotatable bonds is 5. The second kappa shape index (κ2) is 6.03. The molecule has 1 unspecified atom stereocenters. The van der Waals surface area contributed by atoms with Crippen molar-refractivity contribution in [3.8, 4) is 5.75 Å². The fraction of sp³-hybridized carbons (Fsp3) is 0.455. The standard InChI is InChI=1S/C11H16ClFN2O/c1-15(2)9(6-14)7-16-11-4-3-8(13)5-10(11)12/h3-5,9H,6-7,14H2,1-2H3. The third-order valence-corrected chi connectivity index (χ3v) is 2.62. The lowest BCUT2D eigenvalue weighted by atomic mass is 10.3. The molecule has 1 aromatic carbocycles. The number of likely N-dealkylation sites (N-methyl/N-ethyl adjacent to an activating group) is 1. The van der Waals surface area contributed by atoms with E-state index in [9.17, 15) is 4.39 Å². The van der Waals surface area contributed by atoms with Crippen molar-refractivity contribution < 1.29 is 9.13 Å². The smallest absolute Gasteiger partial charge is 0.138 e. The van der Waals surface area contributed by atoms with E-state index in [2.05, 4.69) is 0 Å². The van der Waals surface area contributed by atoms with Crippen LogP contribution in [0.2, 0.25) is 5.02 Å². The summed E-state index contributed by atoms with van der Waals surface area (Å²) < 4.78 is 18.3. The van der Waals surface area contributed by atoms with Crippen LogP contribution < -0.4 is 10.5 Å². The first-order valence-electron chi connectivity index (χ1n) is 4.99. The summed E-state index contributed by atoms with van der Waals surface area (Å²) in [5, 5.41) is 0.273. The van der Waals surface area contributed by atoms with Gasteiger partial charge < -0.3 is 15.4 Å². The van der Waals surface area contributed by atoms with Crippen molar-refractivity contribution in [2.75, 3.05) is 27.2 Å². The summed E-state index contributed by atoms with van der Waals surface area (Å²) in [4.78, 5) is 1.97. The van der Waals surface area contributed by atoms with Crippen LogP contribution in [0, 0.1) is 5.82 Å². The lowest BCUT2D eigenvalue weighted by Crippen LogP contribution is -2.39. The highest BCUT2D eigenvalue weighted by Gasteiger charge is 2.11. The third-order valence-electron chi connectivity index (χ3n) is 2.33. The molecule has 0 saturated heterocycles. The molecule has 0 aliphatic rings. The largest absolute Gasteiger partial charge is 0.490 e. The minimum atomic E-state index is -0.375. The van der Waals surface area contributed by atoms with Gasteiger partial charge in [-0.15, -0.1) is 0 Å². The summed E-state index contributed by atoms with van der Waals surface area (Å²) in [5.74, 6) is 0.101. The predicted molar refractivity (Wildman–Crippen MR) is 63.4 cm³/mol. The number of hydrogen-bond acceptors (Lipinski definition) is 3. The van der Waals surface area contributed by atoms with Crippen LogP contribution in [0.25, 0.3) is 0 Å². The summed E-state index contributed by atoms with van der Waals surface area (Å²) in [6.45, 7) is 0.917. The molecule has 0 spiro atoms. The minimum Gasteiger partial charge on any atom is -0.490 e.